The second-order valence-corrected chi connectivity index (χ2v) is 7.30. The minimum Gasteiger partial charge on any atom is -0.490 e. The predicted octanol–water partition coefficient (Wildman–Crippen LogP) is 6.08. The molecule has 0 saturated carbocycles. The van der Waals surface area contributed by atoms with E-state index >= 15 is 0 Å². The quantitative estimate of drug-likeness (QED) is 0.419. The fourth-order valence-corrected chi connectivity index (χ4v) is 3.28. The molecular formula is C24H23ClFNO4. The van der Waals surface area contributed by atoms with Crippen LogP contribution in [0.25, 0.3) is 0 Å². The molecule has 7 heteroatoms. The molecule has 0 amide bonds. The number of ether oxygens (including phenoxy) is 2. The molecule has 0 atom stereocenters. The molecule has 2 N–H and O–H groups in total. The fraction of sp³-hybridized carbons (Fsp3) is 0.208. The number of nitrogens with one attached hydrogen (secondary N) is 1. The molecule has 0 unspecified atom stereocenters. The van der Waals surface area contributed by atoms with Crippen LogP contribution >= 0.6 is 11.6 Å². The van der Waals surface area contributed by atoms with E-state index in [0.29, 0.717) is 29.7 Å². The Morgan fingerprint density at radius 2 is 1.90 bits per heavy atom. The van der Waals surface area contributed by atoms with E-state index in [1.807, 2.05) is 26.0 Å². The fourth-order valence-electron chi connectivity index (χ4n) is 3.06. The highest BCUT2D eigenvalue weighted by atomic mass is 35.5. The summed E-state index contributed by atoms with van der Waals surface area (Å²) in [5.74, 6) is -0.335. The van der Waals surface area contributed by atoms with Crippen LogP contribution in [0.2, 0.25) is 5.02 Å². The molecular weight excluding hydrogens is 421 g/mol. The second kappa shape index (κ2) is 10.2. The summed E-state index contributed by atoms with van der Waals surface area (Å²) in [6.45, 7) is 4.66. The molecule has 0 bridgehead atoms. The van der Waals surface area contributed by atoms with E-state index in [1.165, 1.54) is 6.07 Å². The van der Waals surface area contributed by atoms with Gasteiger partial charge in [-0.25, -0.2) is 9.18 Å². The van der Waals surface area contributed by atoms with Gasteiger partial charge in [-0.3, -0.25) is 0 Å². The Morgan fingerprint density at radius 3 is 2.58 bits per heavy atom. The molecule has 162 valence electrons. The molecule has 3 aromatic carbocycles. The highest BCUT2D eigenvalue weighted by molar-refractivity contribution is 6.31. The predicted molar refractivity (Wildman–Crippen MR) is 119 cm³/mol. The van der Waals surface area contributed by atoms with E-state index in [1.54, 1.807) is 36.4 Å². The molecule has 0 aromatic heterocycles. The third-order valence-electron chi connectivity index (χ3n) is 4.70. The number of hydrogen-bond acceptors (Lipinski definition) is 4. The van der Waals surface area contributed by atoms with E-state index in [9.17, 15) is 9.18 Å². The number of benzene rings is 3. The highest BCUT2D eigenvalue weighted by Gasteiger charge is 2.12. The lowest BCUT2D eigenvalue weighted by molar-refractivity contribution is 0.0697. The van der Waals surface area contributed by atoms with Crippen LogP contribution < -0.4 is 14.8 Å². The molecule has 5 nitrogen and oxygen atoms in total. The van der Waals surface area contributed by atoms with E-state index in [4.69, 9.17) is 26.2 Å². The average Bonchev–Trinajstić information content (AvgIpc) is 2.73. The standard InChI is InChI=1S/C24H23ClFNO4/c1-3-30-23-12-16(13-27-21-9-8-17(24(28)29)11-15(21)2)7-10-22(23)31-14-18-19(25)5-4-6-20(18)26/h4-12,27H,3,13-14H2,1-2H3,(H,28,29). The van der Waals surface area contributed by atoms with Crippen LogP contribution in [0.15, 0.2) is 54.6 Å². The zero-order valence-corrected chi connectivity index (χ0v) is 18.0. The molecule has 3 aromatic rings. The lowest BCUT2D eigenvalue weighted by Gasteiger charge is -2.15. The smallest absolute Gasteiger partial charge is 0.335 e. The number of aromatic carboxylic acids is 1. The van der Waals surface area contributed by atoms with Crippen LogP contribution in [0.4, 0.5) is 10.1 Å². The second-order valence-electron chi connectivity index (χ2n) is 6.89. The molecule has 0 aliphatic heterocycles. The number of anilines is 1. The van der Waals surface area contributed by atoms with Gasteiger partial charge in [-0.2, -0.15) is 0 Å². The maximum Gasteiger partial charge on any atom is 0.335 e. The minimum atomic E-state index is -0.955. The van der Waals surface area contributed by atoms with Gasteiger partial charge in [0.05, 0.1) is 17.2 Å². The summed E-state index contributed by atoms with van der Waals surface area (Å²) in [5.41, 5.74) is 3.17. The first kappa shape index (κ1) is 22.4. The summed E-state index contributed by atoms with van der Waals surface area (Å²) in [4.78, 5) is 11.1. The van der Waals surface area contributed by atoms with Gasteiger partial charge in [0.2, 0.25) is 0 Å². The summed E-state index contributed by atoms with van der Waals surface area (Å²) in [6, 6.07) is 15.0. The van der Waals surface area contributed by atoms with E-state index in [2.05, 4.69) is 5.32 Å². The van der Waals surface area contributed by atoms with Gasteiger partial charge in [0, 0.05) is 17.8 Å². The lowest BCUT2D eigenvalue weighted by Crippen LogP contribution is -2.05. The van der Waals surface area contributed by atoms with Crippen molar-refractivity contribution in [1.29, 1.82) is 0 Å². The van der Waals surface area contributed by atoms with Gasteiger partial charge in [0.1, 0.15) is 12.4 Å². The van der Waals surface area contributed by atoms with Crippen molar-refractivity contribution in [2.75, 3.05) is 11.9 Å². The topological polar surface area (TPSA) is 67.8 Å². The normalized spacial score (nSPS) is 10.6. The maximum atomic E-state index is 14.0. The maximum absolute atomic E-state index is 14.0. The lowest BCUT2D eigenvalue weighted by atomic mass is 10.1. The third-order valence-corrected chi connectivity index (χ3v) is 5.05. The number of hydrogen-bond donors (Lipinski definition) is 2. The molecule has 0 aliphatic rings. The summed E-state index contributed by atoms with van der Waals surface area (Å²) < 4.78 is 25.5. The van der Waals surface area contributed by atoms with Gasteiger partial charge in [-0.15, -0.1) is 0 Å². The number of rotatable bonds is 9. The van der Waals surface area contributed by atoms with Crippen LogP contribution in [0, 0.1) is 12.7 Å². The molecule has 3 rings (SSSR count). The zero-order valence-electron chi connectivity index (χ0n) is 17.2. The Labute approximate surface area is 185 Å². The Bertz CT molecular complexity index is 1070. The molecule has 0 spiro atoms. The monoisotopic (exact) mass is 443 g/mol. The Kier molecular flexibility index (Phi) is 7.36. The van der Waals surface area contributed by atoms with Crippen molar-refractivity contribution in [2.24, 2.45) is 0 Å². The van der Waals surface area contributed by atoms with Gasteiger partial charge in [-0.1, -0.05) is 23.7 Å². The van der Waals surface area contributed by atoms with E-state index < -0.39 is 11.8 Å². The molecule has 0 saturated heterocycles. The molecule has 0 radical (unpaired) electrons. The third kappa shape index (κ3) is 5.67. The average molecular weight is 444 g/mol. The number of carboxylic acid groups (broad SMARTS) is 1. The summed E-state index contributed by atoms with van der Waals surface area (Å²) in [7, 11) is 0. The first-order valence-electron chi connectivity index (χ1n) is 9.78. The van der Waals surface area contributed by atoms with Gasteiger partial charge < -0.3 is 19.9 Å². The molecule has 0 fully saturated rings. The number of carbonyl (C=O) groups is 1. The Hall–Kier alpha value is -3.25. The van der Waals surface area contributed by atoms with Crippen LogP contribution in [0.3, 0.4) is 0 Å². The Morgan fingerprint density at radius 1 is 1.10 bits per heavy atom. The molecule has 31 heavy (non-hydrogen) atoms. The van der Waals surface area contributed by atoms with Crippen molar-refractivity contribution in [1.82, 2.24) is 0 Å². The first-order chi connectivity index (χ1) is 14.9. The van der Waals surface area contributed by atoms with Crippen LogP contribution in [-0.2, 0) is 13.2 Å². The zero-order chi connectivity index (χ0) is 22.4. The van der Waals surface area contributed by atoms with Gasteiger partial charge >= 0.3 is 5.97 Å². The van der Waals surface area contributed by atoms with Gasteiger partial charge in [-0.05, 0) is 67.4 Å². The van der Waals surface area contributed by atoms with Gasteiger partial charge in [0.25, 0.3) is 0 Å². The highest BCUT2D eigenvalue weighted by Crippen LogP contribution is 2.31. The van der Waals surface area contributed by atoms with Gasteiger partial charge in [0.15, 0.2) is 11.5 Å². The summed E-state index contributed by atoms with van der Waals surface area (Å²) in [5, 5.41) is 12.7. The molecule has 0 heterocycles. The first-order valence-corrected chi connectivity index (χ1v) is 10.2. The summed E-state index contributed by atoms with van der Waals surface area (Å²) >= 11 is 6.07. The number of carboxylic acids is 1. The number of aryl methyl sites for hydroxylation is 1. The largest absolute Gasteiger partial charge is 0.490 e. The van der Waals surface area contributed by atoms with Crippen LogP contribution in [0.5, 0.6) is 11.5 Å². The van der Waals surface area contributed by atoms with Crippen LogP contribution in [0.1, 0.15) is 34.0 Å². The van der Waals surface area contributed by atoms with Crippen LogP contribution in [-0.4, -0.2) is 17.7 Å². The van der Waals surface area contributed by atoms with Crippen molar-refractivity contribution in [2.45, 2.75) is 27.0 Å². The SMILES string of the molecule is CCOc1cc(CNc2ccc(C(=O)O)cc2C)ccc1OCc1c(F)cccc1Cl. The minimum absolute atomic E-state index is 0.0156. The van der Waals surface area contributed by atoms with E-state index in [0.717, 1.165) is 16.8 Å². The van der Waals surface area contributed by atoms with E-state index in [-0.39, 0.29) is 17.7 Å². The number of halogens is 2. The van der Waals surface area contributed by atoms with Crippen molar-refractivity contribution in [3.05, 3.63) is 87.7 Å². The van der Waals surface area contributed by atoms with Crippen molar-refractivity contribution in [3.63, 3.8) is 0 Å². The van der Waals surface area contributed by atoms with Crippen molar-refractivity contribution in [3.8, 4) is 11.5 Å². The molecule has 0 aliphatic carbocycles. The summed E-state index contributed by atoms with van der Waals surface area (Å²) in [6.07, 6.45) is 0. The van der Waals surface area contributed by atoms with Crippen molar-refractivity contribution < 1.29 is 23.8 Å². The van der Waals surface area contributed by atoms with Crippen molar-refractivity contribution >= 4 is 23.3 Å². The Balaban J connectivity index is 1.72.